The Kier molecular flexibility index (Phi) is 3.98. The molecule has 0 amide bonds. The van der Waals surface area contributed by atoms with E-state index in [0.29, 0.717) is 11.3 Å². The molecule has 0 fully saturated rings. The molecule has 20 heavy (non-hydrogen) atoms. The van der Waals surface area contributed by atoms with Gasteiger partial charge in [0, 0.05) is 5.69 Å². The first-order valence-electron chi connectivity index (χ1n) is 5.71. The lowest BCUT2D eigenvalue weighted by atomic mass is 10.2. The molecule has 0 aliphatic rings. The molecule has 0 unspecified atom stereocenters. The first kappa shape index (κ1) is 14.4. The molecule has 102 valence electrons. The van der Waals surface area contributed by atoms with Gasteiger partial charge in [-0.25, -0.2) is 8.42 Å². The normalized spacial score (nSPS) is 10.8. The minimum atomic E-state index is -3.75. The van der Waals surface area contributed by atoms with E-state index in [9.17, 15) is 8.42 Å². The molecular weight excluding hydrogens is 296 g/mol. The molecule has 0 atom stereocenters. The summed E-state index contributed by atoms with van der Waals surface area (Å²) in [6.45, 7) is 1.83. The maximum Gasteiger partial charge on any atom is 0.263 e. The molecule has 0 aliphatic heterocycles. The Morgan fingerprint density at radius 3 is 2.35 bits per heavy atom. The van der Waals surface area contributed by atoms with Crippen molar-refractivity contribution in [2.45, 2.75) is 11.8 Å². The van der Waals surface area contributed by atoms with Crippen LogP contribution in [0.1, 0.15) is 11.1 Å². The summed E-state index contributed by atoms with van der Waals surface area (Å²) in [4.78, 5) is 0.0223. The molecule has 0 bridgehead atoms. The standard InChI is InChI=1S/C14H11ClN2O2S/c1-10-2-7-14(13(15)8-10)20(18,19)17-12-5-3-11(9-16)4-6-12/h2-8,17H,1H3. The summed E-state index contributed by atoms with van der Waals surface area (Å²) in [6.07, 6.45) is 0. The van der Waals surface area contributed by atoms with Crippen LogP contribution in [0.3, 0.4) is 0 Å². The first-order valence-corrected chi connectivity index (χ1v) is 7.57. The Hall–Kier alpha value is -2.03. The summed E-state index contributed by atoms with van der Waals surface area (Å²) in [5.41, 5.74) is 1.72. The zero-order valence-corrected chi connectivity index (χ0v) is 12.2. The van der Waals surface area contributed by atoms with Crippen molar-refractivity contribution < 1.29 is 8.42 Å². The minimum absolute atomic E-state index is 0.0223. The van der Waals surface area contributed by atoms with Gasteiger partial charge in [-0.3, -0.25) is 4.72 Å². The molecule has 0 aliphatic carbocycles. The topological polar surface area (TPSA) is 70.0 Å². The second kappa shape index (κ2) is 5.53. The van der Waals surface area contributed by atoms with Crippen LogP contribution in [0.25, 0.3) is 0 Å². The fraction of sp³-hybridized carbons (Fsp3) is 0.0714. The van der Waals surface area contributed by atoms with Crippen LogP contribution < -0.4 is 4.72 Å². The predicted octanol–water partition coefficient (Wildman–Crippen LogP) is 3.32. The molecule has 4 nitrogen and oxygen atoms in total. The summed E-state index contributed by atoms with van der Waals surface area (Å²) < 4.78 is 26.9. The summed E-state index contributed by atoms with van der Waals surface area (Å²) in [6, 6.07) is 12.8. The van der Waals surface area contributed by atoms with Crippen molar-refractivity contribution in [3.05, 3.63) is 58.6 Å². The minimum Gasteiger partial charge on any atom is -0.280 e. The van der Waals surface area contributed by atoms with E-state index in [0.717, 1.165) is 5.56 Å². The summed E-state index contributed by atoms with van der Waals surface area (Å²) in [5.74, 6) is 0. The van der Waals surface area contributed by atoms with Gasteiger partial charge in [-0.2, -0.15) is 5.26 Å². The molecule has 2 rings (SSSR count). The smallest absolute Gasteiger partial charge is 0.263 e. The van der Waals surface area contributed by atoms with Gasteiger partial charge >= 0.3 is 0 Å². The van der Waals surface area contributed by atoms with Gasteiger partial charge in [-0.05, 0) is 48.9 Å². The molecule has 2 aromatic rings. The van der Waals surface area contributed by atoms with E-state index in [1.54, 1.807) is 12.1 Å². The number of rotatable bonds is 3. The lowest BCUT2D eigenvalue weighted by molar-refractivity contribution is 0.601. The monoisotopic (exact) mass is 306 g/mol. The lowest BCUT2D eigenvalue weighted by Crippen LogP contribution is -2.13. The van der Waals surface area contributed by atoms with E-state index in [2.05, 4.69) is 4.72 Å². The van der Waals surface area contributed by atoms with Crippen LogP contribution in [0.5, 0.6) is 0 Å². The third kappa shape index (κ3) is 3.10. The Morgan fingerprint density at radius 2 is 1.80 bits per heavy atom. The third-order valence-electron chi connectivity index (χ3n) is 2.64. The van der Waals surface area contributed by atoms with Gasteiger partial charge in [0.05, 0.1) is 16.7 Å². The van der Waals surface area contributed by atoms with Crippen molar-refractivity contribution in [2.24, 2.45) is 0 Å². The highest BCUT2D eigenvalue weighted by atomic mass is 35.5. The molecule has 0 aromatic heterocycles. The Labute approximate surface area is 122 Å². The van der Waals surface area contributed by atoms with E-state index in [4.69, 9.17) is 16.9 Å². The van der Waals surface area contributed by atoms with Crippen LogP contribution >= 0.6 is 11.6 Å². The van der Waals surface area contributed by atoms with Crippen LogP contribution in [0, 0.1) is 18.3 Å². The molecule has 0 heterocycles. The fourth-order valence-corrected chi connectivity index (χ4v) is 3.31. The highest BCUT2D eigenvalue weighted by Gasteiger charge is 2.17. The number of nitriles is 1. The zero-order valence-electron chi connectivity index (χ0n) is 10.6. The van der Waals surface area contributed by atoms with Crippen molar-refractivity contribution >= 4 is 27.3 Å². The average molecular weight is 307 g/mol. The van der Waals surface area contributed by atoms with Gasteiger partial charge < -0.3 is 0 Å². The zero-order chi connectivity index (χ0) is 14.8. The van der Waals surface area contributed by atoms with Crippen molar-refractivity contribution in [3.63, 3.8) is 0 Å². The summed E-state index contributed by atoms with van der Waals surface area (Å²) >= 11 is 5.97. The molecule has 2 aromatic carbocycles. The molecular formula is C14H11ClN2O2S. The van der Waals surface area contributed by atoms with Crippen molar-refractivity contribution in [1.82, 2.24) is 0 Å². The van der Waals surface area contributed by atoms with Crippen LogP contribution in [-0.2, 0) is 10.0 Å². The van der Waals surface area contributed by atoms with Gasteiger partial charge in [0.25, 0.3) is 10.0 Å². The van der Waals surface area contributed by atoms with Gasteiger partial charge in [0.2, 0.25) is 0 Å². The van der Waals surface area contributed by atoms with E-state index < -0.39 is 10.0 Å². The first-order chi connectivity index (χ1) is 9.42. The van der Waals surface area contributed by atoms with E-state index in [-0.39, 0.29) is 9.92 Å². The maximum absolute atomic E-state index is 12.2. The fourth-order valence-electron chi connectivity index (χ4n) is 1.65. The summed E-state index contributed by atoms with van der Waals surface area (Å²) in [7, 11) is -3.75. The Morgan fingerprint density at radius 1 is 1.15 bits per heavy atom. The number of hydrogen-bond acceptors (Lipinski definition) is 3. The summed E-state index contributed by atoms with van der Waals surface area (Å²) in [5, 5.41) is 8.87. The lowest BCUT2D eigenvalue weighted by Gasteiger charge is -2.10. The van der Waals surface area contributed by atoms with Crippen molar-refractivity contribution in [1.29, 1.82) is 5.26 Å². The molecule has 6 heteroatoms. The number of benzene rings is 2. The van der Waals surface area contributed by atoms with Gasteiger partial charge in [-0.15, -0.1) is 0 Å². The van der Waals surface area contributed by atoms with Gasteiger partial charge in [-0.1, -0.05) is 17.7 Å². The van der Waals surface area contributed by atoms with Crippen LogP contribution in [0.4, 0.5) is 5.69 Å². The number of aryl methyl sites for hydroxylation is 1. The molecule has 1 N–H and O–H groups in total. The number of hydrogen-bond donors (Lipinski definition) is 1. The third-order valence-corrected chi connectivity index (χ3v) is 4.51. The highest BCUT2D eigenvalue weighted by molar-refractivity contribution is 7.92. The Balaban J connectivity index is 2.33. The van der Waals surface area contributed by atoms with E-state index in [1.165, 1.54) is 30.3 Å². The Bertz CT molecular complexity index is 778. The SMILES string of the molecule is Cc1ccc(S(=O)(=O)Nc2ccc(C#N)cc2)c(Cl)c1. The van der Waals surface area contributed by atoms with E-state index in [1.807, 2.05) is 13.0 Å². The van der Waals surface area contributed by atoms with Crippen LogP contribution in [-0.4, -0.2) is 8.42 Å². The molecule has 0 radical (unpaired) electrons. The van der Waals surface area contributed by atoms with Gasteiger partial charge in [0.15, 0.2) is 0 Å². The number of anilines is 1. The van der Waals surface area contributed by atoms with E-state index >= 15 is 0 Å². The number of nitrogens with zero attached hydrogens (tertiary/aromatic N) is 1. The number of sulfonamides is 1. The van der Waals surface area contributed by atoms with Crippen molar-refractivity contribution in [2.75, 3.05) is 4.72 Å². The highest BCUT2D eigenvalue weighted by Crippen LogP contribution is 2.24. The quantitative estimate of drug-likeness (QED) is 0.945. The maximum atomic E-state index is 12.2. The van der Waals surface area contributed by atoms with Crippen LogP contribution in [0.15, 0.2) is 47.4 Å². The van der Waals surface area contributed by atoms with Crippen LogP contribution in [0.2, 0.25) is 5.02 Å². The molecule has 0 saturated carbocycles. The van der Waals surface area contributed by atoms with Gasteiger partial charge in [0.1, 0.15) is 4.90 Å². The largest absolute Gasteiger partial charge is 0.280 e. The average Bonchev–Trinajstić information content (AvgIpc) is 2.38. The number of nitrogens with one attached hydrogen (secondary N) is 1. The second-order valence-corrected chi connectivity index (χ2v) is 6.29. The second-order valence-electron chi connectivity index (χ2n) is 4.23. The predicted molar refractivity (Wildman–Crippen MR) is 78.2 cm³/mol. The number of halogens is 1. The molecule has 0 saturated heterocycles. The molecule has 0 spiro atoms. The van der Waals surface area contributed by atoms with Crippen molar-refractivity contribution in [3.8, 4) is 6.07 Å².